The van der Waals surface area contributed by atoms with E-state index in [9.17, 15) is 9.59 Å². The number of nitrogens with zero attached hydrogens (tertiary/aromatic N) is 1. The number of para-hydroxylation sites is 1. The van der Waals surface area contributed by atoms with Crippen molar-refractivity contribution >= 4 is 22.5 Å². The third-order valence-corrected chi connectivity index (χ3v) is 5.74. The van der Waals surface area contributed by atoms with Gasteiger partial charge in [0.15, 0.2) is 0 Å². The number of anilines is 1. The highest BCUT2D eigenvalue weighted by molar-refractivity contribution is 6.12. The van der Waals surface area contributed by atoms with Crippen LogP contribution in [0.15, 0.2) is 35.1 Å². The van der Waals surface area contributed by atoms with Crippen LogP contribution in [0.25, 0.3) is 10.9 Å². The fraction of sp³-hybridized carbons (Fsp3) is 0.318. The molecule has 3 aromatic rings. The number of rotatable bonds is 2. The molecule has 5 nitrogen and oxygen atoms in total. The molecule has 2 aliphatic carbocycles. The highest BCUT2D eigenvalue weighted by atomic mass is 16.1. The van der Waals surface area contributed by atoms with Crippen molar-refractivity contribution in [2.24, 2.45) is 0 Å². The molecule has 1 aromatic carbocycles. The summed E-state index contributed by atoms with van der Waals surface area (Å²) < 4.78 is 0. The fourth-order valence-electron chi connectivity index (χ4n) is 4.45. The van der Waals surface area contributed by atoms with Gasteiger partial charge < -0.3 is 10.3 Å². The zero-order chi connectivity index (χ0) is 18.4. The lowest BCUT2D eigenvalue weighted by Crippen LogP contribution is -2.19. The van der Waals surface area contributed by atoms with Crippen LogP contribution in [0.4, 0.5) is 5.69 Å². The van der Waals surface area contributed by atoms with Gasteiger partial charge in [0, 0.05) is 17.5 Å². The summed E-state index contributed by atoms with van der Waals surface area (Å²) in [6, 6.07) is 8.74. The van der Waals surface area contributed by atoms with Crippen LogP contribution in [0, 0.1) is 0 Å². The topological polar surface area (TPSA) is 74.8 Å². The molecule has 0 radical (unpaired) electrons. The first-order valence-corrected chi connectivity index (χ1v) is 9.67. The Hall–Kier alpha value is -2.95. The number of carbonyl (C=O) groups excluding carboxylic acids is 1. The number of hydrogen-bond donors (Lipinski definition) is 2. The zero-order valence-electron chi connectivity index (χ0n) is 15.1. The van der Waals surface area contributed by atoms with Gasteiger partial charge in [0.05, 0.1) is 16.8 Å². The van der Waals surface area contributed by atoms with Gasteiger partial charge in [-0.25, -0.2) is 0 Å². The molecule has 5 heteroatoms. The normalized spacial score (nSPS) is 15.4. The molecule has 136 valence electrons. The lowest BCUT2D eigenvalue weighted by molar-refractivity contribution is 0.102. The Kier molecular flexibility index (Phi) is 3.81. The summed E-state index contributed by atoms with van der Waals surface area (Å²) in [5.74, 6) is -0.171. The maximum Gasteiger partial charge on any atom is 0.257 e. The molecule has 1 amide bonds. The molecule has 27 heavy (non-hydrogen) atoms. The molecule has 5 rings (SSSR count). The van der Waals surface area contributed by atoms with Crippen molar-refractivity contribution in [3.05, 3.63) is 68.8 Å². The second-order valence-corrected chi connectivity index (χ2v) is 7.44. The predicted octanol–water partition coefficient (Wildman–Crippen LogP) is 3.54. The standard InChI is InChI=1S/C22H21N3O2/c26-19-12-11-13-5-3-8-16(20(13)24-19)22(27)25-21-14-6-1-2-9-17(14)23-18-10-4-7-15(18)21/h3,5,8,11-12H,1-2,4,6-7,9-10H2,(H,24,26)(H,23,25,27). The molecule has 2 heterocycles. The fourth-order valence-corrected chi connectivity index (χ4v) is 4.45. The van der Waals surface area contributed by atoms with Crippen LogP contribution in [-0.2, 0) is 25.7 Å². The quantitative estimate of drug-likeness (QED) is 0.735. The number of nitrogens with one attached hydrogen (secondary N) is 2. The van der Waals surface area contributed by atoms with Gasteiger partial charge in [-0.15, -0.1) is 0 Å². The minimum Gasteiger partial charge on any atom is -0.321 e. The average Bonchev–Trinajstić information content (AvgIpc) is 3.15. The number of carbonyl (C=O) groups is 1. The average molecular weight is 359 g/mol. The van der Waals surface area contributed by atoms with Crippen LogP contribution >= 0.6 is 0 Å². The van der Waals surface area contributed by atoms with E-state index in [4.69, 9.17) is 4.98 Å². The molecular formula is C22H21N3O2. The van der Waals surface area contributed by atoms with Crippen LogP contribution in [-0.4, -0.2) is 15.9 Å². The van der Waals surface area contributed by atoms with E-state index in [1.165, 1.54) is 17.2 Å². The van der Waals surface area contributed by atoms with Crippen molar-refractivity contribution in [2.75, 3.05) is 5.32 Å². The zero-order valence-corrected chi connectivity index (χ0v) is 15.1. The summed E-state index contributed by atoms with van der Waals surface area (Å²) in [6.07, 6.45) is 7.32. The SMILES string of the molecule is O=C(Nc1c2c(nc3c1CCC3)CCCC2)c1cccc2ccc(=O)[nH]c12. The number of pyridine rings is 2. The Labute approximate surface area is 156 Å². The van der Waals surface area contributed by atoms with Crippen molar-refractivity contribution in [1.29, 1.82) is 0 Å². The number of benzene rings is 1. The number of H-pyrrole nitrogens is 1. The molecule has 0 spiro atoms. The van der Waals surface area contributed by atoms with E-state index in [2.05, 4.69) is 10.3 Å². The highest BCUT2D eigenvalue weighted by Gasteiger charge is 2.26. The van der Waals surface area contributed by atoms with E-state index in [0.717, 1.165) is 67.4 Å². The number of fused-ring (bicyclic) bond motifs is 3. The van der Waals surface area contributed by atoms with Gasteiger partial charge in [0.1, 0.15) is 0 Å². The number of amides is 1. The Morgan fingerprint density at radius 2 is 1.67 bits per heavy atom. The van der Waals surface area contributed by atoms with Crippen LogP contribution < -0.4 is 10.9 Å². The van der Waals surface area contributed by atoms with Crippen LogP contribution in [0.5, 0.6) is 0 Å². The maximum atomic E-state index is 13.2. The molecule has 2 aliphatic rings. The summed E-state index contributed by atoms with van der Waals surface area (Å²) in [7, 11) is 0. The molecular weight excluding hydrogens is 338 g/mol. The largest absolute Gasteiger partial charge is 0.321 e. The molecule has 2 N–H and O–H groups in total. The second kappa shape index (κ2) is 6.34. The van der Waals surface area contributed by atoms with E-state index in [-0.39, 0.29) is 11.5 Å². The lowest BCUT2D eigenvalue weighted by atomic mass is 9.92. The van der Waals surface area contributed by atoms with Crippen molar-refractivity contribution in [3.8, 4) is 0 Å². The second-order valence-electron chi connectivity index (χ2n) is 7.44. The van der Waals surface area contributed by atoms with Crippen LogP contribution in [0.3, 0.4) is 0 Å². The highest BCUT2D eigenvalue weighted by Crippen LogP contribution is 2.36. The Bertz CT molecular complexity index is 1130. The molecule has 2 aromatic heterocycles. The van der Waals surface area contributed by atoms with Gasteiger partial charge >= 0.3 is 0 Å². The Balaban J connectivity index is 1.61. The third-order valence-electron chi connectivity index (χ3n) is 5.74. The van der Waals surface area contributed by atoms with Gasteiger partial charge in [-0.1, -0.05) is 12.1 Å². The number of aryl methyl sites for hydroxylation is 2. The number of hydrogen-bond acceptors (Lipinski definition) is 3. The number of aromatic nitrogens is 2. The lowest BCUT2D eigenvalue weighted by Gasteiger charge is -2.22. The minimum absolute atomic E-state index is 0.171. The van der Waals surface area contributed by atoms with Crippen LogP contribution in [0.1, 0.15) is 52.1 Å². The van der Waals surface area contributed by atoms with Gasteiger partial charge in [-0.3, -0.25) is 14.6 Å². The van der Waals surface area contributed by atoms with Gasteiger partial charge in [0.2, 0.25) is 5.56 Å². The van der Waals surface area contributed by atoms with Crippen molar-refractivity contribution in [3.63, 3.8) is 0 Å². The van der Waals surface area contributed by atoms with E-state index < -0.39 is 0 Å². The van der Waals surface area contributed by atoms with Crippen molar-refractivity contribution < 1.29 is 4.79 Å². The maximum absolute atomic E-state index is 13.2. The Morgan fingerprint density at radius 1 is 0.926 bits per heavy atom. The third kappa shape index (κ3) is 2.74. The van der Waals surface area contributed by atoms with Gasteiger partial charge in [-0.05, 0) is 73.6 Å². The molecule has 0 saturated carbocycles. The summed E-state index contributed by atoms with van der Waals surface area (Å²) in [6.45, 7) is 0. The van der Waals surface area contributed by atoms with Crippen molar-refractivity contribution in [2.45, 2.75) is 44.9 Å². The van der Waals surface area contributed by atoms with E-state index in [1.807, 2.05) is 12.1 Å². The first-order valence-electron chi connectivity index (χ1n) is 9.67. The monoisotopic (exact) mass is 359 g/mol. The van der Waals surface area contributed by atoms with E-state index in [1.54, 1.807) is 12.1 Å². The predicted molar refractivity (Wildman–Crippen MR) is 105 cm³/mol. The van der Waals surface area contributed by atoms with E-state index in [0.29, 0.717) is 11.1 Å². The molecule has 0 saturated heterocycles. The van der Waals surface area contributed by atoms with E-state index >= 15 is 0 Å². The van der Waals surface area contributed by atoms with Gasteiger partial charge in [0.25, 0.3) is 5.91 Å². The molecule has 0 bridgehead atoms. The summed E-state index contributed by atoms with van der Waals surface area (Å²) >= 11 is 0. The van der Waals surface area contributed by atoms with Gasteiger partial charge in [-0.2, -0.15) is 0 Å². The summed E-state index contributed by atoms with van der Waals surface area (Å²) in [5.41, 5.74) is 6.58. The summed E-state index contributed by atoms with van der Waals surface area (Å²) in [4.78, 5) is 32.6. The Morgan fingerprint density at radius 3 is 2.52 bits per heavy atom. The number of aromatic amines is 1. The smallest absolute Gasteiger partial charge is 0.257 e. The molecule has 0 unspecified atom stereocenters. The van der Waals surface area contributed by atoms with Crippen LogP contribution in [0.2, 0.25) is 0 Å². The van der Waals surface area contributed by atoms with Crippen molar-refractivity contribution in [1.82, 2.24) is 9.97 Å². The first-order chi connectivity index (χ1) is 13.2. The molecule has 0 aliphatic heterocycles. The minimum atomic E-state index is -0.204. The first kappa shape index (κ1) is 16.2. The summed E-state index contributed by atoms with van der Waals surface area (Å²) in [5, 5.41) is 4.05. The molecule has 0 fully saturated rings. The molecule has 0 atom stereocenters.